The van der Waals surface area contributed by atoms with Gasteiger partial charge in [0.2, 0.25) is 5.95 Å². The van der Waals surface area contributed by atoms with Crippen molar-refractivity contribution in [1.82, 2.24) is 14.9 Å². The van der Waals surface area contributed by atoms with E-state index in [-0.39, 0.29) is 0 Å². The summed E-state index contributed by atoms with van der Waals surface area (Å²) >= 11 is 5.96. The van der Waals surface area contributed by atoms with Crippen LogP contribution in [0.5, 0.6) is 0 Å². The second-order valence-corrected chi connectivity index (χ2v) is 6.76. The van der Waals surface area contributed by atoms with E-state index in [9.17, 15) is 0 Å². The van der Waals surface area contributed by atoms with E-state index in [0.29, 0.717) is 0 Å². The highest BCUT2D eigenvalue weighted by Crippen LogP contribution is 2.21. The number of morpholine rings is 1. The van der Waals surface area contributed by atoms with Crippen molar-refractivity contribution in [1.29, 1.82) is 0 Å². The molecule has 0 amide bonds. The van der Waals surface area contributed by atoms with Crippen LogP contribution >= 0.6 is 11.6 Å². The summed E-state index contributed by atoms with van der Waals surface area (Å²) in [6, 6.07) is 8.09. The van der Waals surface area contributed by atoms with Crippen LogP contribution in [0.3, 0.4) is 0 Å². The molecule has 4 rings (SSSR count). The molecule has 0 atom stereocenters. The molecule has 0 N–H and O–H groups in total. The molecule has 1 aromatic carbocycles. The maximum absolute atomic E-state index is 5.96. The van der Waals surface area contributed by atoms with Crippen molar-refractivity contribution >= 4 is 17.5 Å². The number of nitrogens with zero attached hydrogens (tertiary/aromatic N) is 4. The molecule has 2 aliphatic rings. The smallest absolute Gasteiger partial charge is 0.225 e. The fourth-order valence-corrected chi connectivity index (χ4v) is 3.39. The third-order valence-corrected chi connectivity index (χ3v) is 4.87. The highest BCUT2D eigenvalue weighted by atomic mass is 35.5. The second-order valence-electron chi connectivity index (χ2n) is 6.33. The summed E-state index contributed by atoms with van der Waals surface area (Å²) in [4.78, 5) is 14.0. The maximum Gasteiger partial charge on any atom is 0.225 e. The van der Waals surface area contributed by atoms with Crippen LogP contribution in [0.2, 0.25) is 5.02 Å². The predicted octanol–water partition coefficient (Wildman–Crippen LogP) is 2.52. The van der Waals surface area contributed by atoms with Crippen LogP contribution in [0, 0.1) is 0 Å². The van der Waals surface area contributed by atoms with Crippen molar-refractivity contribution in [3.63, 3.8) is 0 Å². The van der Waals surface area contributed by atoms with Crippen molar-refractivity contribution in [2.75, 3.05) is 37.7 Å². The maximum atomic E-state index is 5.96. The third kappa shape index (κ3) is 3.53. The molecule has 1 saturated heterocycles. The third-order valence-electron chi connectivity index (χ3n) is 4.61. The molecule has 2 aliphatic heterocycles. The molecule has 0 bridgehead atoms. The largest absolute Gasteiger partial charge is 0.378 e. The van der Waals surface area contributed by atoms with Crippen LogP contribution in [0.25, 0.3) is 0 Å². The highest BCUT2D eigenvalue weighted by molar-refractivity contribution is 6.30. The quantitative estimate of drug-likeness (QED) is 0.855. The van der Waals surface area contributed by atoms with Gasteiger partial charge in [-0.3, -0.25) is 4.90 Å². The lowest BCUT2D eigenvalue weighted by Crippen LogP contribution is -2.38. The summed E-state index contributed by atoms with van der Waals surface area (Å²) in [6.45, 7) is 6.13. The number of halogens is 1. The Morgan fingerprint density at radius 2 is 1.88 bits per heavy atom. The Hall–Kier alpha value is -1.69. The molecule has 0 aliphatic carbocycles. The van der Waals surface area contributed by atoms with Crippen LogP contribution in [0.1, 0.15) is 16.8 Å². The number of ether oxygens (including phenoxy) is 1. The number of anilines is 1. The fraction of sp³-hybridized carbons (Fsp3) is 0.444. The summed E-state index contributed by atoms with van der Waals surface area (Å²) in [5.41, 5.74) is 3.72. The average Bonchev–Trinajstić information content (AvgIpc) is 2.64. The Morgan fingerprint density at radius 1 is 1.08 bits per heavy atom. The molecule has 0 unspecified atom stereocenters. The molecule has 24 heavy (non-hydrogen) atoms. The van der Waals surface area contributed by atoms with E-state index in [1.54, 1.807) is 0 Å². The van der Waals surface area contributed by atoms with Gasteiger partial charge in [0.15, 0.2) is 0 Å². The van der Waals surface area contributed by atoms with Crippen LogP contribution in [0.4, 0.5) is 5.95 Å². The Bertz CT molecular complexity index is 701. The van der Waals surface area contributed by atoms with Gasteiger partial charge in [-0.15, -0.1) is 0 Å². The molecule has 1 fully saturated rings. The van der Waals surface area contributed by atoms with E-state index in [1.165, 1.54) is 16.8 Å². The van der Waals surface area contributed by atoms with E-state index in [2.05, 4.69) is 26.9 Å². The molecule has 0 saturated carbocycles. The number of hydrogen-bond acceptors (Lipinski definition) is 5. The molecule has 0 spiro atoms. The molecule has 3 heterocycles. The first-order valence-electron chi connectivity index (χ1n) is 8.42. The zero-order valence-corrected chi connectivity index (χ0v) is 14.4. The van der Waals surface area contributed by atoms with Gasteiger partial charge in [0, 0.05) is 55.9 Å². The number of benzene rings is 1. The highest BCUT2D eigenvalue weighted by Gasteiger charge is 2.21. The number of fused-ring (bicyclic) bond motifs is 1. The SMILES string of the molecule is Clc1ccc(CN2CCc3nc(N4CCOCC4)ncc3C2)cc1. The number of rotatable bonds is 3. The van der Waals surface area contributed by atoms with Crippen LogP contribution < -0.4 is 4.90 Å². The van der Waals surface area contributed by atoms with E-state index in [4.69, 9.17) is 21.3 Å². The molecule has 5 nitrogen and oxygen atoms in total. The van der Waals surface area contributed by atoms with Crippen molar-refractivity contribution in [3.8, 4) is 0 Å². The minimum atomic E-state index is 0.759. The van der Waals surface area contributed by atoms with E-state index < -0.39 is 0 Å². The van der Waals surface area contributed by atoms with Crippen LogP contribution in [0.15, 0.2) is 30.5 Å². The average molecular weight is 345 g/mol. The van der Waals surface area contributed by atoms with Gasteiger partial charge in [-0.25, -0.2) is 9.97 Å². The predicted molar refractivity (Wildman–Crippen MR) is 94.3 cm³/mol. The van der Waals surface area contributed by atoms with Crippen molar-refractivity contribution in [2.45, 2.75) is 19.5 Å². The lowest BCUT2D eigenvalue weighted by Gasteiger charge is -2.30. The summed E-state index contributed by atoms with van der Waals surface area (Å²) in [7, 11) is 0. The Morgan fingerprint density at radius 3 is 2.67 bits per heavy atom. The fourth-order valence-electron chi connectivity index (χ4n) is 3.26. The Balaban J connectivity index is 1.44. The van der Waals surface area contributed by atoms with Gasteiger partial charge >= 0.3 is 0 Å². The summed E-state index contributed by atoms with van der Waals surface area (Å²) < 4.78 is 5.40. The van der Waals surface area contributed by atoms with E-state index >= 15 is 0 Å². The van der Waals surface area contributed by atoms with Crippen molar-refractivity contribution in [3.05, 3.63) is 52.3 Å². The molecule has 0 radical (unpaired) electrons. The molecule has 2 aromatic rings. The van der Waals surface area contributed by atoms with E-state index in [1.807, 2.05) is 18.3 Å². The zero-order valence-electron chi connectivity index (χ0n) is 13.6. The standard InChI is InChI=1S/C18H21ClN4O/c19-16-3-1-14(2-4-16)12-22-6-5-17-15(13-22)11-20-18(21-17)23-7-9-24-10-8-23/h1-4,11H,5-10,12-13H2. The van der Waals surface area contributed by atoms with Gasteiger partial charge in [0.05, 0.1) is 18.9 Å². The zero-order chi connectivity index (χ0) is 16.4. The first-order chi connectivity index (χ1) is 11.8. The number of aromatic nitrogens is 2. The lowest BCUT2D eigenvalue weighted by atomic mass is 10.1. The molecule has 6 heteroatoms. The monoisotopic (exact) mass is 344 g/mol. The van der Waals surface area contributed by atoms with Crippen LogP contribution in [-0.2, 0) is 24.2 Å². The van der Waals surface area contributed by atoms with Gasteiger partial charge in [-0.05, 0) is 17.7 Å². The minimum absolute atomic E-state index is 0.759. The Labute approximate surface area is 147 Å². The normalized spacial score (nSPS) is 18.5. The van der Waals surface area contributed by atoms with Gasteiger partial charge < -0.3 is 9.64 Å². The van der Waals surface area contributed by atoms with Crippen molar-refractivity contribution < 1.29 is 4.74 Å². The van der Waals surface area contributed by atoms with Gasteiger partial charge in [-0.1, -0.05) is 23.7 Å². The molecule has 1 aromatic heterocycles. The lowest BCUT2D eigenvalue weighted by molar-refractivity contribution is 0.122. The molecular weight excluding hydrogens is 324 g/mol. The Kier molecular flexibility index (Phi) is 4.65. The first kappa shape index (κ1) is 15.8. The second kappa shape index (κ2) is 7.05. The first-order valence-corrected chi connectivity index (χ1v) is 8.80. The number of hydrogen-bond donors (Lipinski definition) is 0. The minimum Gasteiger partial charge on any atom is -0.378 e. The van der Waals surface area contributed by atoms with Crippen LogP contribution in [-0.4, -0.2) is 47.7 Å². The van der Waals surface area contributed by atoms with E-state index in [0.717, 1.165) is 63.3 Å². The topological polar surface area (TPSA) is 41.5 Å². The van der Waals surface area contributed by atoms with Gasteiger partial charge in [0.25, 0.3) is 0 Å². The van der Waals surface area contributed by atoms with Crippen molar-refractivity contribution in [2.24, 2.45) is 0 Å². The van der Waals surface area contributed by atoms with Gasteiger partial charge in [-0.2, -0.15) is 0 Å². The molecular formula is C18H21ClN4O. The van der Waals surface area contributed by atoms with Gasteiger partial charge in [0.1, 0.15) is 0 Å². The summed E-state index contributed by atoms with van der Waals surface area (Å²) in [5.74, 6) is 0.850. The summed E-state index contributed by atoms with van der Waals surface area (Å²) in [5, 5.41) is 0.784. The summed E-state index contributed by atoms with van der Waals surface area (Å²) in [6.07, 6.45) is 2.98. The molecule has 126 valence electrons.